The van der Waals surface area contributed by atoms with Crippen LogP contribution in [0.4, 0.5) is 21.5 Å². The molecule has 11 rings (SSSR count). The van der Waals surface area contributed by atoms with E-state index in [1.54, 1.807) is 60.1 Å². The third-order valence-electron chi connectivity index (χ3n) is 15.7. The van der Waals surface area contributed by atoms with Gasteiger partial charge in [-0.2, -0.15) is 0 Å². The molecule has 2 aliphatic carbocycles. The van der Waals surface area contributed by atoms with E-state index >= 15 is 4.39 Å². The van der Waals surface area contributed by atoms with E-state index in [0.717, 1.165) is 37.8 Å². The van der Waals surface area contributed by atoms with Crippen molar-refractivity contribution in [2.45, 2.75) is 86.7 Å². The Morgan fingerprint density at radius 1 is 0.896 bits per heavy atom. The van der Waals surface area contributed by atoms with Crippen molar-refractivity contribution >= 4 is 80.8 Å². The van der Waals surface area contributed by atoms with Crippen molar-refractivity contribution in [3.8, 4) is 0 Å². The molecule has 4 aromatic carbocycles. The second kappa shape index (κ2) is 16.1. The first kappa shape index (κ1) is 43.5. The lowest BCUT2D eigenvalue weighted by Gasteiger charge is -2.59. The van der Waals surface area contributed by atoms with Crippen LogP contribution in [0.1, 0.15) is 91.2 Å². The van der Waals surface area contributed by atoms with Gasteiger partial charge in [0, 0.05) is 71.9 Å². The van der Waals surface area contributed by atoms with Crippen LogP contribution < -0.4 is 32.3 Å². The van der Waals surface area contributed by atoms with Gasteiger partial charge >= 0.3 is 5.69 Å². The number of imidazole rings is 1. The third-order valence-corrected chi connectivity index (χ3v) is 16.2. The van der Waals surface area contributed by atoms with Gasteiger partial charge in [-0.1, -0.05) is 66.7 Å². The Balaban J connectivity index is 0.755. The molecule has 5 heterocycles. The number of hydrogen-bond acceptors (Lipinski definition) is 8. The zero-order chi connectivity index (χ0) is 46.6. The van der Waals surface area contributed by atoms with Gasteiger partial charge in [0.25, 0.3) is 5.91 Å². The molecule has 17 heteroatoms. The van der Waals surface area contributed by atoms with Crippen molar-refractivity contribution < 1.29 is 28.4 Å². The van der Waals surface area contributed by atoms with E-state index in [4.69, 9.17) is 23.2 Å². The number of carbonyl (C=O) groups is 5. The minimum atomic E-state index is -1.35. The molecular formula is C50H49Cl2FN8O6. The number of anilines is 3. The average Bonchev–Trinajstić information content (AvgIpc) is 3.84. The van der Waals surface area contributed by atoms with E-state index in [1.807, 2.05) is 29.2 Å². The summed E-state index contributed by atoms with van der Waals surface area (Å²) in [6.45, 7) is 1.96. The van der Waals surface area contributed by atoms with Crippen molar-refractivity contribution in [1.82, 2.24) is 24.7 Å². The van der Waals surface area contributed by atoms with Crippen molar-refractivity contribution in [3.63, 3.8) is 0 Å². The Labute approximate surface area is 394 Å². The lowest BCUT2D eigenvalue weighted by atomic mass is 9.55. The summed E-state index contributed by atoms with van der Waals surface area (Å²) in [5, 5.41) is 16.0. The molecule has 3 spiro atoms. The molecular weight excluding hydrogens is 899 g/mol. The summed E-state index contributed by atoms with van der Waals surface area (Å²) in [6.07, 6.45) is 6.14. The predicted molar refractivity (Wildman–Crippen MR) is 252 cm³/mol. The van der Waals surface area contributed by atoms with Gasteiger partial charge in [-0.15, -0.1) is 0 Å². The maximum atomic E-state index is 16.3. The molecule has 6 aliphatic rings. The second-order valence-corrected chi connectivity index (χ2v) is 20.4. The summed E-state index contributed by atoms with van der Waals surface area (Å²) in [6, 6.07) is 20.5. The summed E-state index contributed by atoms with van der Waals surface area (Å²) in [7, 11) is 1.68. The van der Waals surface area contributed by atoms with Gasteiger partial charge in [-0.25, -0.2) is 9.18 Å². The van der Waals surface area contributed by atoms with Crippen LogP contribution in [0.25, 0.3) is 11.0 Å². The number of hydrogen-bond donors (Lipinski definition) is 5. The smallest absolute Gasteiger partial charge is 0.329 e. The maximum Gasteiger partial charge on any atom is 0.329 e. The number of para-hydroxylation sites is 1. The van der Waals surface area contributed by atoms with Crippen molar-refractivity contribution in [2.24, 2.45) is 18.4 Å². The first-order chi connectivity index (χ1) is 32.2. The molecule has 1 aromatic heterocycles. The van der Waals surface area contributed by atoms with Gasteiger partial charge in [0.2, 0.25) is 23.6 Å². The fourth-order valence-electron chi connectivity index (χ4n) is 12.9. The molecule has 4 atom stereocenters. The highest BCUT2D eigenvalue weighted by atomic mass is 35.5. The number of halogens is 3. The Hall–Kier alpha value is -6.03. The van der Waals surface area contributed by atoms with Gasteiger partial charge in [0.1, 0.15) is 17.3 Å². The van der Waals surface area contributed by atoms with Crippen LogP contribution in [0.2, 0.25) is 10.0 Å². The van der Waals surface area contributed by atoms with Crippen molar-refractivity contribution in [3.05, 3.63) is 122 Å². The third kappa shape index (κ3) is 6.74. The molecule has 346 valence electrons. The Morgan fingerprint density at radius 2 is 1.64 bits per heavy atom. The first-order valence-electron chi connectivity index (χ1n) is 23.0. The molecule has 4 aliphatic heterocycles. The molecule has 0 radical (unpaired) electrons. The monoisotopic (exact) mass is 946 g/mol. The number of imide groups is 1. The molecule has 67 heavy (non-hydrogen) atoms. The molecule has 14 nitrogen and oxygen atoms in total. The van der Waals surface area contributed by atoms with E-state index in [2.05, 4.69) is 26.6 Å². The molecule has 5 aromatic rings. The first-order valence-corrected chi connectivity index (χ1v) is 23.8. The molecule has 5 fully saturated rings. The number of aryl methyl sites for hydroxylation is 1. The van der Waals surface area contributed by atoms with Gasteiger partial charge in [-0.3, -0.25) is 43.7 Å². The van der Waals surface area contributed by atoms with E-state index < -0.39 is 46.6 Å². The number of aromatic nitrogens is 2. The number of carbonyl (C=O) groups excluding carboxylic acids is 5. The van der Waals surface area contributed by atoms with Crippen LogP contribution in [-0.4, -0.2) is 74.8 Å². The average molecular weight is 948 g/mol. The molecule has 5 N–H and O–H groups in total. The fourth-order valence-corrected chi connectivity index (χ4v) is 13.2. The number of rotatable bonds is 8. The lowest BCUT2D eigenvalue weighted by Crippen LogP contribution is -2.64. The van der Waals surface area contributed by atoms with E-state index in [-0.39, 0.29) is 52.3 Å². The van der Waals surface area contributed by atoms with Crippen LogP contribution in [0.3, 0.4) is 0 Å². The molecule has 5 amide bonds. The molecule has 1 unspecified atom stereocenters. The minimum Gasteiger partial charge on any atom is -0.383 e. The molecule has 0 bridgehead atoms. The van der Waals surface area contributed by atoms with Crippen LogP contribution in [0.5, 0.6) is 0 Å². The SMILES string of the molecule is Cn1c(=O)n(C2CCC(=O)NC2=O)c2cccc(NCC3CC4(C3)CN(C(=O)c3ccc(NC(=O)[C@@H]5NC6(CCCCC6)[C@@]6(C(=O)Nc7cc(Cl)ccc76)[C@H]5c5cccc(Cl)c5F)cc3)C4)c21. The zero-order valence-corrected chi connectivity index (χ0v) is 38.2. The fraction of sp³-hybridized carbons (Fsp3) is 0.400. The van der Waals surface area contributed by atoms with E-state index in [1.165, 1.54) is 10.6 Å². The highest BCUT2D eigenvalue weighted by Gasteiger charge is 2.72. The Bertz CT molecular complexity index is 2990. The number of fused-ring (bicyclic) bond motifs is 4. The van der Waals surface area contributed by atoms with Gasteiger partial charge < -0.3 is 20.9 Å². The van der Waals surface area contributed by atoms with Crippen LogP contribution in [0.15, 0.2) is 83.7 Å². The number of piperidine rings is 1. The van der Waals surface area contributed by atoms with Crippen molar-refractivity contribution in [1.29, 1.82) is 0 Å². The largest absolute Gasteiger partial charge is 0.383 e. The van der Waals surface area contributed by atoms with Crippen molar-refractivity contribution in [2.75, 3.05) is 35.6 Å². The number of benzene rings is 4. The summed E-state index contributed by atoms with van der Waals surface area (Å²) in [5.74, 6) is -2.94. The quantitative estimate of drug-likeness (QED) is 0.103. The minimum absolute atomic E-state index is 0.0488. The van der Waals surface area contributed by atoms with Gasteiger partial charge in [0.05, 0.1) is 27.8 Å². The zero-order valence-electron chi connectivity index (χ0n) is 36.7. The van der Waals surface area contributed by atoms with Crippen LogP contribution in [0, 0.1) is 17.2 Å². The highest BCUT2D eigenvalue weighted by molar-refractivity contribution is 6.31. The number of likely N-dealkylation sites (tertiary alicyclic amines) is 1. The number of nitrogens with one attached hydrogen (secondary N) is 5. The summed E-state index contributed by atoms with van der Waals surface area (Å²) < 4.78 is 19.3. The number of amides is 5. The van der Waals surface area contributed by atoms with Crippen LogP contribution in [-0.2, 0) is 31.6 Å². The van der Waals surface area contributed by atoms with E-state index in [9.17, 15) is 28.8 Å². The summed E-state index contributed by atoms with van der Waals surface area (Å²) in [5.41, 5.74) is 1.95. The molecule has 3 saturated heterocycles. The standard InChI is InChI=1S/C50H49Cl2FN8O6/c1-59-42-34(9-6-10-36(42)61(47(59)67)37-17-18-38(62)57-43(37)63)54-24-27-22-48(23-27)25-60(26-48)45(65)28-11-14-30(15-12-28)55-44(64)41-39(31-7-5-8-33(52)40(31)53)50(49(58-41)19-3-2-4-20-49)32-16-13-29(51)21-35(32)56-46(50)66/h5-16,21,27,37,39,41,54,58H,2-4,17-20,22-26H2,1H3,(H,55,64)(H,56,66)(H,57,62,63)/t37?,39-,41+,50+/m0/s1. The normalized spacial score (nSPS) is 24.9. The second-order valence-electron chi connectivity index (χ2n) is 19.6. The van der Waals surface area contributed by atoms with Gasteiger partial charge in [0.15, 0.2) is 0 Å². The maximum absolute atomic E-state index is 16.3. The lowest BCUT2D eigenvalue weighted by molar-refractivity contribution is -0.135. The Morgan fingerprint density at radius 3 is 2.39 bits per heavy atom. The summed E-state index contributed by atoms with van der Waals surface area (Å²) >= 11 is 12.8. The summed E-state index contributed by atoms with van der Waals surface area (Å²) in [4.78, 5) is 82.7. The molecule has 2 saturated carbocycles. The van der Waals surface area contributed by atoms with E-state index in [0.29, 0.717) is 77.0 Å². The topological polar surface area (TPSA) is 176 Å². The van der Waals surface area contributed by atoms with Crippen LogP contribution >= 0.6 is 23.2 Å². The predicted octanol–water partition coefficient (Wildman–Crippen LogP) is 7.02. The number of nitrogens with zero attached hydrogens (tertiary/aromatic N) is 3. The highest BCUT2D eigenvalue weighted by Crippen LogP contribution is 2.63. The Kier molecular flexibility index (Phi) is 10.4. The van der Waals surface area contributed by atoms with Gasteiger partial charge in [-0.05, 0) is 104 Å².